The molecule has 3 unspecified atom stereocenters. The quantitative estimate of drug-likeness (QED) is 0.797. The van der Waals surface area contributed by atoms with E-state index in [9.17, 15) is 4.79 Å². The van der Waals surface area contributed by atoms with Crippen molar-refractivity contribution in [1.82, 2.24) is 20.7 Å². The highest BCUT2D eigenvalue weighted by molar-refractivity contribution is 5.90. The van der Waals surface area contributed by atoms with Gasteiger partial charge in [-0.15, -0.1) is 0 Å². The zero-order valence-corrected chi connectivity index (χ0v) is 16.5. The van der Waals surface area contributed by atoms with Crippen molar-refractivity contribution in [2.24, 2.45) is 0 Å². The fourth-order valence-electron chi connectivity index (χ4n) is 4.13. The summed E-state index contributed by atoms with van der Waals surface area (Å²) in [7, 11) is 0. The van der Waals surface area contributed by atoms with E-state index in [1.807, 2.05) is 31.3 Å². The smallest absolute Gasteiger partial charge is 0.338 e. The van der Waals surface area contributed by atoms with E-state index >= 15 is 0 Å². The maximum absolute atomic E-state index is 12.5. The number of ether oxygens (including phenoxy) is 1. The molecule has 0 amide bonds. The molecule has 0 radical (unpaired) electrons. The van der Waals surface area contributed by atoms with Crippen LogP contribution in [0.2, 0.25) is 0 Å². The van der Waals surface area contributed by atoms with E-state index in [0.717, 1.165) is 12.1 Å². The molecular weight excluding hydrogens is 352 g/mol. The third kappa shape index (κ3) is 3.41. The number of nitrogens with zero attached hydrogens (tertiary/aromatic N) is 2. The monoisotopic (exact) mass is 378 g/mol. The lowest BCUT2D eigenvalue weighted by Gasteiger charge is -2.43. The lowest BCUT2D eigenvalue weighted by molar-refractivity contribution is -0.139. The summed E-state index contributed by atoms with van der Waals surface area (Å²) in [6, 6.07) is 12.6. The van der Waals surface area contributed by atoms with Crippen LogP contribution in [0.1, 0.15) is 47.8 Å². The third-order valence-corrected chi connectivity index (χ3v) is 5.44. The van der Waals surface area contributed by atoms with Crippen molar-refractivity contribution in [2.45, 2.75) is 45.4 Å². The average molecular weight is 378 g/mol. The van der Waals surface area contributed by atoms with Crippen LogP contribution in [-0.2, 0) is 9.53 Å². The number of hydrogen-bond donors (Lipinski definition) is 2. The van der Waals surface area contributed by atoms with Crippen molar-refractivity contribution in [3.8, 4) is 0 Å². The number of aromatic nitrogens is 1. The Hall–Kier alpha value is -2.70. The zero-order chi connectivity index (χ0) is 19.7. The first-order chi connectivity index (χ1) is 13.6. The number of benzene rings is 1. The van der Waals surface area contributed by atoms with Gasteiger partial charge >= 0.3 is 5.97 Å². The summed E-state index contributed by atoms with van der Waals surface area (Å²) in [4.78, 5) is 17.0. The number of esters is 1. The highest BCUT2D eigenvalue weighted by atomic mass is 16.5. The molecule has 1 saturated heterocycles. The summed E-state index contributed by atoms with van der Waals surface area (Å²) >= 11 is 0. The molecule has 0 saturated carbocycles. The molecule has 3 heterocycles. The lowest BCUT2D eigenvalue weighted by atomic mass is 9.90. The fraction of sp³-hybridized carbons (Fsp3) is 0.364. The van der Waals surface area contributed by atoms with E-state index in [4.69, 9.17) is 4.74 Å². The van der Waals surface area contributed by atoms with Crippen LogP contribution in [0.3, 0.4) is 0 Å². The first-order valence-electron chi connectivity index (χ1n) is 9.74. The molecule has 1 fully saturated rings. The third-order valence-electron chi connectivity index (χ3n) is 5.44. The molecule has 2 aromatic rings. The second-order valence-electron chi connectivity index (χ2n) is 7.34. The van der Waals surface area contributed by atoms with E-state index < -0.39 is 0 Å². The number of fused-ring (bicyclic) bond motifs is 1. The Morgan fingerprint density at radius 2 is 2.14 bits per heavy atom. The summed E-state index contributed by atoms with van der Waals surface area (Å²) in [6.45, 7) is 6.42. The number of hydrogen-bond acceptors (Lipinski definition) is 6. The molecule has 6 nitrogen and oxygen atoms in total. The molecule has 1 aromatic carbocycles. The van der Waals surface area contributed by atoms with Gasteiger partial charge in [-0.05, 0) is 50.5 Å². The molecule has 2 aliphatic heterocycles. The van der Waals surface area contributed by atoms with E-state index in [0.29, 0.717) is 12.2 Å². The van der Waals surface area contributed by atoms with Crippen molar-refractivity contribution >= 4 is 5.97 Å². The predicted octanol–water partition coefficient (Wildman–Crippen LogP) is 3.07. The minimum atomic E-state index is -0.295. The van der Waals surface area contributed by atoms with Gasteiger partial charge in [0.15, 0.2) is 0 Å². The van der Waals surface area contributed by atoms with Gasteiger partial charge in [0.1, 0.15) is 6.17 Å². The largest absolute Gasteiger partial charge is 0.463 e. The summed E-state index contributed by atoms with van der Waals surface area (Å²) in [5.41, 5.74) is 8.62. The molecule has 146 valence electrons. The Balaban J connectivity index is 1.71. The van der Waals surface area contributed by atoms with Gasteiger partial charge in [0, 0.05) is 12.4 Å². The average Bonchev–Trinajstić information content (AvgIpc) is 3.12. The molecule has 0 bridgehead atoms. The van der Waals surface area contributed by atoms with Crippen molar-refractivity contribution in [2.75, 3.05) is 6.61 Å². The Morgan fingerprint density at radius 1 is 1.29 bits per heavy atom. The van der Waals surface area contributed by atoms with Gasteiger partial charge in [-0.2, -0.15) is 5.01 Å². The Kier molecular flexibility index (Phi) is 5.15. The number of aryl methyl sites for hydroxylation is 2. The topological polar surface area (TPSA) is 66.5 Å². The van der Waals surface area contributed by atoms with Gasteiger partial charge < -0.3 is 10.2 Å². The van der Waals surface area contributed by atoms with Gasteiger partial charge in [-0.25, -0.2) is 4.79 Å². The lowest BCUT2D eigenvalue weighted by Crippen LogP contribution is -2.56. The van der Waals surface area contributed by atoms with E-state index in [-0.39, 0.29) is 24.2 Å². The zero-order valence-electron chi connectivity index (χ0n) is 16.5. The Morgan fingerprint density at radius 3 is 2.86 bits per heavy atom. The standard InChI is InChI=1S/C22H26N4O2/c1-4-28-22(27)17-13-24-26-20(16-9-8-14(2)11-15(16)3)12-19(25-21(17)26)18-7-5-6-10-23-18/h5-11,13,19-21,24-25H,4,12H2,1-3H3. The molecule has 2 N–H and O–H groups in total. The van der Waals surface area contributed by atoms with Gasteiger partial charge in [-0.3, -0.25) is 10.3 Å². The number of rotatable bonds is 4. The number of pyridine rings is 1. The second-order valence-corrected chi connectivity index (χ2v) is 7.34. The van der Waals surface area contributed by atoms with Crippen LogP contribution in [0, 0.1) is 13.8 Å². The Labute approximate surface area is 165 Å². The van der Waals surface area contributed by atoms with Crippen molar-refractivity contribution in [3.05, 3.63) is 76.8 Å². The molecule has 2 aliphatic rings. The van der Waals surface area contributed by atoms with E-state index in [1.54, 1.807) is 6.20 Å². The molecule has 28 heavy (non-hydrogen) atoms. The number of carbonyl (C=O) groups excluding carboxylic acids is 1. The van der Waals surface area contributed by atoms with E-state index in [2.05, 4.69) is 52.8 Å². The van der Waals surface area contributed by atoms with Crippen LogP contribution in [-0.4, -0.2) is 28.7 Å². The summed E-state index contributed by atoms with van der Waals surface area (Å²) in [5.74, 6) is -0.295. The van der Waals surface area contributed by atoms with Crippen LogP contribution in [0.25, 0.3) is 0 Å². The van der Waals surface area contributed by atoms with Gasteiger partial charge in [0.05, 0.1) is 30.0 Å². The fourth-order valence-corrected chi connectivity index (χ4v) is 4.13. The van der Waals surface area contributed by atoms with Crippen LogP contribution < -0.4 is 10.7 Å². The SMILES string of the molecule is CCOC(=O)C1=CNN2C1NC(c1ccccn1)CC2c1ccc(C)cc1C. The van der Waals surface area contributed by atoms with Gasteiger partial charge in [0.25, 0.3) is 0 Å². The van der Waals surface area contributed by atoms with Gasteiger partial charge in [-0.1, -0.05) is 29.8 Å². The van der Waals surface area contributed by atoms with Crippen LogP contribution >= 0.6 is 0 Å². The van der Waals surface area contributed by atoms with Crippen molar-refractivity contribution < 1.29 is 9.53 Å². The highest BCUT2D eigenvalue weighted by Gasteiger charge is 2.44. The molecule has 6 heteroatoms. The first-order valence-corrected chi connectivity index (χ1v) is 9.74. The second kappa shape index (κ2) is 7.73. The maximum atomic E-state index is 12.5. The summed E-state index contributed by atoms with van der Waals surface area (Å²) in [6.07, 6.45) is 4.14. The van der Waals surface area contributed by atoms with Crippen molar-refractivity contribution in [1.29, 1.82) is 0 Å². The molecular formula is C22H26N4O2. The molecule has 1 aromatic heterocycles. The predicted molar refractivity (Wildman–Crippen MR) is 107 cm³/mol. The first kappa shape index (κ1) is 18.7. The number of carbonyl (C=O) groups is 1. The van der Waals surface area contributed by atoms with Gasteiger partial charge in [0.2, 0.25) is 0 Å². The van der Waals surface area contributed by atoms with Crippen LogP contribution in [0.4, 0.5) is 0 Å². The number of nitrogens with one attached hydrogen (secondary N) is 2. The Bertz CT molecular complexity index is 897. The molecule has 3 atom stereocenters. The molecule has 0 spiro atoms. The maximum Gasteiger partial charge on any atom is 0.338 e. The highest BCUT2D eigenvalue weighted by Crippen LogP contribution is 2.40. The summed E-state index contributed by atoms with van der Waals surface area (Å²) < 4.78 is 5.27. The normalized spacial score (nSPS) is 24.2. The van der Waals surface area contributed by atoms with Crippen LogP contribution in [0.15, 0.2) is 54.4 Å². The van der Waals surface area contributed by atoms with Crippen LogP contribution in [0.5, 0.6) is 0 Å². The van der Waals surface area contributed by atoms with E-state index in [1.165, 1.54) is 16.7 Å². The minimum absolute atomic E-state index is 0.0332. The molecule has 4 rings (SSSR count). The summed E-state index contributed by atoms with van der Waals surface area (Å²) in [5, 5.41) is 5.70. The number of hydrazine groups is 1. The molecule has 0 aliphatic carbocycles. The minimum Gasteiger partial charge on any atom is -0.463 e. The van der Waals surface area contributed by atoms with Crippen molar-refractivity contribution in [3.63, 3.8) is 0 Å².